The highest BCUT2D eigenvalue weighted by atomic mass is 32.2. The molecule has 1 saturated heterocycles. The van der Waals surface area contributed by atoms with E-state index in [0.29, 0.717) is 24.3 Å². The van der Waals surface area contributed by atoms with Crippen LogP contribution >= 0.6 is 0 Å². The number of benzene rings is 2. The van der Waals surface area contributed by atoms with Gasteiger partial charge in [0.1, 0.15) is 12.2 Å². The van der Waals surface area contributed by atoms with Gasteiger partial charge in [-0.2, -0.15) is 0 Å². The predicted molar refractivity (Wildman–Crippen MR) is 128 cm³/mol. The Morgan fingerprint density at radius 3 is 2.74 bits per heavy atom. The number of likely N-dealkylation sites (tertiary alicyclic amines) is 1. The largest absolute Gasteiger partial charge is 0.504 e. The molecule has 2 N–H and O–H groups in total. The zero-order valence-electron chi connectivity index (χ0n) is 19.2. The summed E-state index contributed by atoms with van der Waals surface area (Å²) in [7, 11) is 0. The molecule has 2 aromatic rings. The van der Waals surface area contributed by atoms with E-state index in [-0.39, 0.29) is 11.8 Å². The number of aliphatic hydroxyl groups is 1. The van der Waals surface area contributed by atoms with Crippen molar-refractivity contribution in [2.75, 3.05) is 13.1 Å². The first kappa shape index (κ1) is 21.4. The first-order valence-electron chi connectivity index (χ1n) is 12.6. The lowest BCUT2D eigenvalue weighted by molar-refractivity contribution is -0.204. The Morgan fingerprint density at radius 1 is 1.12 bits per heavy atom. The average molecular weight is 482 g/mol. The second-order valence-corrected chi connectivity index (χ2v) is 12.0. The standard InChI is InChI=1S/C27H31NO5S/c29-20-9-8-19-14-22-27(30)11-10-21(33-34(31)16-18-4-2-1-3-5-18)25-26(27,23(19)24(20)32-25)12-13-28(22)15-17-6-7-17/h1-5,8-9,17,21-22,25,29-30H,6-7,10-16H2/t21-,22+,25-,26-,27+,34?/m0/s1. The van der Waals surface area contributed by atoms with Crippen molar-refractivity contribution in [2.24, 2.45) is 5.92 Å². The van der Waals surface area contributed by atoms with E-state index >= 15 is 0 Å². The molecule has 7 heteroatoms. The second kappa shape index (κ2) is 7.53. The molecule has 7 rings (SSSR count). The van der Waals surface area contributed by atoms with Gasteiger partial charge in [0.2, 0.25) is 0 Å². The number of rotatable bonds is 6. The molecule has 2 aromatic carbocycles. The van der Waals surface area contributed by atoms with Gasteiger partial charge in [-0.3, -0.25) is 9.08 Å². The number of piperidine rings is 1. The van der Waals surface area contributed by atoms with Gasteiger partial charge in [0.25, 0.3) is 0 Å². The molecule has 6 atom stereocenters. The summed E-state index contributed by atoms with van der Waals surface area (Å²) in [5.74, 6) is 1.69. The van der Waals surface area contributed by atoms with Gasteiger partial charge in [0.15, 0.2) is 22.6 Å². The van der Waals surface area contributed by atoms with Crippen LogP contribution in [0.25, 0.3) is 0 Å². The van der Waals surface area contributed by atoms with E-state index < -0.39 is 34.3 Å². The Hall–Kier alpha value is -1.93. The number of phenols is 1. The topological polar surface area (TPSA) is 79.2 Å². The van der Waals surface area contributed by atoms with E-state index in [1.54, 1.807) is 6.07 Å². The molecule has 0 amide bonds. The summed E-state index contributed by atoms with van der Waals surface area (Å²) in [4.78, 5) is 2.52. The number of hydrogen-bond donors (Lipinski definition) is 2. The monoisotopic (exact) mass is 481 g/mol. The highest BCUT2D eigenvalue weighted by molar-refractivity contribution is 7.79. The summed E-state index contributed by atoms with van der Waals surface area (Å²) in [5, 5.41) is 23.2. The van der Waals surface area contributed by atoms with Crippen LogP contribution in [0.4, 0.5) is 0 Å². The molecule has 2 bridgehead atoms. The summed E-state index contributed by atoms with van der Waals surface area (Å²) in [6, 6.07) is 13.5. The summed E-state index contributed by atoms with van der Waals surface area (Å²) < 4.78 is 25.7. The minimum absolute atomic E-state index is 0.0340. The minimum Gasteiger partial charge on any atom is -0.504 e. The molecule has 2 saturated carbocycles. The van der Waals surface area contributed by atoms with Crippen molar-refractivity contribution in [3.8, 4) is 11.5 Å². The van der Waals surface area contributed by atoms with Crippen molar-refractivity contribution in [1.82, 2.24) is 4.90 Å². The summed E-state index contributed by atoms with van der Waals surface area (Å²) in [5.41, 5.74) is 1.52. The van der Waals surface area contributed by atoms with E-state index in [0.717, 1.165) is 48.5 Å². The number of ether oxygens (including phenoxy) is 1. The van der Waals surface area contributed by atoms with Crippen LogP contribution < -0.4 is 4.74 Å². The molecule has 6 nitrogen and oxygen atoms in total. The molecule has 1 unspecified atom stereocenters. The molecule has 2 aliphatic heterocycles. The van der Waals surface area contributed by atoms with Crippen LogP contribution in [-0.2, 0) is 32.9 Å². The van der Waals surface area contributed by atoms with Crippen LogP contribution in [0.2, 0.25) is 0 Å². The highest BCUT2D eigenvalue weighted by Crippen LogP contribution is 2.65. The second-order valence-electron chi connectivity index (χ2n) is 10.9. The molecular formula is C27H31NO5S. The number of hydrogen-bond acceptors (Lipinski definition) is 6. The molecule has 5 aliphatic rings. The maximum Gasteiger partial charge on any atom is 0.165 e. The van der Waals surface area contributed by atoms with E-state index in [4.69, 9.17) is 8.92 Å². The van der Waals surface area contributed by atoms with Crippen molar-refractivity contribution in [3.05, 3.63) is 59.2 Å². The predicted octanol–water partition coefficient (Wildman–Crippen LogP) is 3.21. The average Bonchev–Trinajstić information content (AvgIpc) is 3.56. The van der Waals surface area contributed by atoms with Gasteiger partial charge in [-0.25, -0.2) is 4.21 Å². The van der Waals surface area contributed by atoms with E-state index in [2.05, 4.69) is 4.90 Å². The summed E-state index contributed by atoms with van der Waals surface area (Å²) in [6.45, 7) is 1.95. The first-order valence-corrected chi connectivity index (χ1v) is 13.8. The van der Waals surface area contributed by atoms with Crippen LogP contribution in [-0.4, -0.2) is 56.3 Å². The van der Waals surface area contributed by atoms with Gasteiger partial charge in [-0.1, -0.05) is 36.4 Å². The third-order valence-electron chi connectivity index (χ3n) is 9.07. The molecule has 3 aliphatic carbocycles. The molecule has 3 fully saturated rings. The first-order chi connectivity index (χ1) is 16.5. The molecule has 34 heavy (non-hydrogen) atoms. The van der Waals surface area contributed by atoms with E-state index in [1.807, 2.05) is 36.4 Å². The van der Waals surface area contributed by atoms with Crippen molar-refractivity contribution >= 4 is 11.1 Å². The minimum atomic E-state index is -1.51. The fourth-order valence-corrected chi connectivity index (χ4v) is 8.42. The normalized spacial score (nSPS) is 36.6. The Labute approximate surface area is 202 Å². The molecular weight excluding hydrogens is 450 g/mol. The van der Waals surface area contributed by atoms with Crippen LogP contribution in [0.15, 0.2) is 42.5 Å². The van der Waals surface area contributed by atoms with Gasteiger partial charge < -0.3 is 14.9 Å². The van der Waals surface area contributed by atoms with E-state index in [9.17, 15) is 14.4 Å². The van der Waals surface area contributed by atoms with Crippen molar-refractivity contribution < 1.29 is 23.3 Å². The molecule has 0 aromatic heterocycles. The Morgan fingerprint density at radius 2 is 1.94 bits per heavy atom. The number of aromatic hydroxyl groups is 1. The van der Waals surface area contributed by atoms with Gasteiger partial charge in [-0.05, 0) is 68.2 Å². The summed E-state index contributed by atoms with van der Waals surface area (Å²) in [6.07, 6.45) is 4.41. The van der Waals surface area contributed by atoms with Crippen molar-refractivity contribution in [1.29, 1.82) is 0 Å². The Kier molecular flexibility index (Phi) is 4.73. The molecule has 0 radical (unpaired) electrons. The maximum atomic E-state index is 13.0. The third-order valence-corrected chi connectivity index (χ3v) is 10.1. The van der Waals surface area contributed by atoms with Crippen LogP contribution in [0, 0.1) is 5.92 Å². The van der Waals surface area contributed by atoms with Crippen LogP contribution in [0.5, 0.6) is 11.5 Å². The Balaban J connectivity index is 1.25. The van der Waals surface area contributed by atoms with Gasteiger partial charge in [0, 0.05) is 18.2 Å². The molecule has 1 spiro atoms. The van der Waals surface area contributed by atoms with E-state index in [1.165, 1.54) is 12.8 Å². The third kappa shape index (κ3) is 2.93. The lowest BCUT2D eigenvalue weighted by Gasteiger charge is -2.64. The highest BCUT2D eigenvalue weighted by Gasteiger charge is 2.73. The fraction of sp³-hybridized carbons (Fsp3) is 0.556. The molecule has 180 valence electrons. The van der Waals surface area contributed by atoms with Gasteiger partial charge in [0.05, 0.1) is 16.8 Å². The molecule has 2 heterocycles. The fourth-order valence-electron chi connectivity index (χ4n) is 7.42. The van der Waals surface area contributed by atoms with Gasteiger partial charge in [-0.15, -0.1) is 0 Å². The zero-order chi connectivity index (χ0) is 23.1. The lowest BCUT2D eigenvalue weighted by Crippen LogP contribution is -2.77. The number of nitrogens with zero attached hydrogens (tertiary/aromatic N) is 1. The maximum absolute atomic E-state index is 13.0. The van der Waals surface area contributed by atoms with Gasteiger partial charge >= 0.3 is 0 Å². The SMILES string of the molecule is O=S(Cc1ccccc1)O[C@H]1CC[C@@]2(O)[C@H]3Cc4ccc(O)c5c4[C@@]2(CCN3CC2CC2)[C@H]1O5. The van der Waals surface area contributed by atoms with Crippen molar-refractivity contribution in [2.45, 2.75) is 73.5 Å². The summed E-state index contributed by atoms with van der Waals surface area (Å²) >= 11 is -1.51. The smallest absolute Gasteiger partial charge is 0.165 e. The van der Waals surface area contributed by atoms with Crippen LogP contribution in [0.3, 0.4) is 0 Å². The zero-order valence-corrected chi connectivity index (χ0v) is 20.0. The van der Waals surface area contributed by atoms with Crippen LogP contribution in [0.1, 0.15) is 48.8 Å². The quantitative estimate of drug-likeness (QED) is 0.660. The van der Waals surface area contributed by atoms with Crippen molar-refractivity contribution in [3.63, 3.8) is 0 Å². The lowest BCUT2D eigenvalue weighted by atomic mass is 9.48. The Bertz CT molecular complexity index is 1150. The number of phenolic OH excluding ortho intramolecular Hbond substituents is 1.